The van der Waals surface area contributed by atoms with Crippen LogP contribution >= 0.6 is 0 Å². The van der Waals surface area contributed by atoms with Gasteiger partial charge < -0.3 is 29.7 Å². The zero-order valence-corrected chi connectivity index (χ0v) is 23.0. The van der Waals surface area contributed by atoms with Crippen LogP contribution in [-0.4, -0.2) is 51.8 Å². The number of H-pyrrole nitrogens is 1. The summed E-state index contributed by atoms with van der Waals surface area (Å²) in [5.74, 6) is -1.05. The number of esters is 1. The summed E-state index contributed by atoms with van der Waals surface area (Å²) in [5, 5.41) is 7.49. The van der Waals surface area contributed by atoms with Crippen molar-refractivity contribution in [3.8, 4) is 0 Å². The van der Waals surface area contributed by atoms with Gasteiger partial charge in [-0.05, 0) is 51.0 Å². The van der Waals surface area contributed by atoms with E-state index < -0.39 is 35.7 Å². The predicted octanol–water partition coefficient (Wildman–Crippen LogP) is 4.39. The zero-order chi connectivity index (χ0) is 28.2. The smallest absolute Gasteiger partial charge is 0.408 e. The number of carbonyl (C=O) groups excluding carboxylic acids is 3. The Labute approximate surface area is 227 Å². The van der Waals surface area contributed by atoms with Crippen LogP contribution < -0.4 is 10.6 Å². The number of aryl methyl sites for hydroxylation is 1. The number of alkyl carbamates (subject to hydrolysis) is 1. The van der Waals surface area contributed by atoms with Crippen LogP contribution in [-0.2, 0) is 39.0 Å². The molecule has 0 aliphatic heterocycles. The van der Waals surface area contributed by atoms with Crippen LogP contribution in [0.25, 0.3) is 21.8 Å². The Balaban J connectivity index is 1.61. The van der Waals surface area contributed by atoms with Crippen LogP contribution in [0.5, 0.6) is 0 Å². The molecule has 9 heteroatoms. The maximum absolute atomic E-state index is 13.7. The molecule has 0 aliphatic carbocycles. The van der Waals surface area contributed by atoms with Crippen molar-refractivity contribution in [3.05, 3.63) is 72.1 Å². The lowest BCUT2D eigenvalue weighted by molar-refractivity contribution is -0.147. The SMILES string of the molecule is CCOC(=O)[C@@H](Cc1cn(C)c2ccccc12)NC(=O)[C@H](Cc1c[nH]c2ccccc12)NC(=O)OC(C)(C)C. The van der Waals surface area contributed by atoms with Gasteiger partial charge in [0.1, 0.15) is 17.7 Å². The summed E-state index contributed by atoms with van der Waals surface area (Å²) in [7, 11) is 1.94. The molecule has 0 unspecified atom stereocenters. The van der Waals surface area contributed by atoms with Gasteiger partial charge in [-0.3, -0.25) is 4.79 Å². The molecule has 0 fully saturated rings. The fourth-order valence-electron chi connectivity index (χ4n) is 4.70. The Morgan fingerprint density at radius 3 is 2.31 bits per heavy atom. The molecule has 0 bridgehead atoms. The number of fused-ring (bicyclic) bond motifs is 2. The Morgan fingerprint density at radius 2 is 1.59 bits per heavy atom. The van der Waals surface area contributed by atoms with Crippen LogP contribution in [0.2, 0.25) is 0 Å². The molecule has 3 N–H and O–H groups in total. The van der Waals surface area contributed by atoms with E-state index in [-0.39, 0.29) is 19.4 Å². The van der Waals surface area contributed by atoms with Crippen LogP contribution in [0.15, 0.2) is 60.9 Å². The van der Waals surface area contributed by atoms with Crippen LogP contribution in [0.1, 0.15) is 38.8 Å². The minimum Gasteiger partial charge on any atom is -0.464 e. The third-order valence-electron chi connectivity index (χ3n) is 6.40. The highest BCUT2D eigenvalue weighted by Gasteiger charge is 2.30. The maximum Gasteiger partial charge on any atom is 0.408 e. The monoisotopic (exact) mass is 532 g/mol. The van der Waals surface area contributed by atoms with E-state index >= 15 is 0 Å². The summed E-state index contributed by atoms with van der Waals surface area (Å²) in [6, 6.07) is 13.6. The molecule has 4 rings (SSSR count). The molecule has 206 valence electrons. The molecule has 2 aromatic heterocycles. The van der Waals surface area contributed by atoms with Gasteiger partial charge in [0.2, 0.25) is 5.91 Å². The molecule has 0 spiro atoms. The highest BCUT2D eigenvalue weighted by atomic mass is 16.6. The van der Waals surface area contributed by atoms with E-state index in [1.54, 1.807) is 27.7 Å². The molecule has 39 heavy (non-hydrogen) atoms. The van der Waals surface area contributed by atoms with Crippen molar-refractivity contribution in [1.82, 2.24) is 20.2 Å². The van der Waals surface area contributed by atoms with Crippen molar-refractivity contribution < 1.29 is 23.9 Å². The Morgan fingerprint density at radius 1 is 0.923 bits per heavy atom. The van der Waals surface area contributed by atoms with Crippen LogP contribution in [0, 0.1) is 0 Å². The number of amides is 2. The van der Waals surface area contributed by atoms with E-state index in [2.05, 4.69) is 15.6 Å². The van der Waals surface area contributed by atoms with Gasteiger partial charge in [0.05, 0.1) is 6.61 Å². The number of ether oxygens (including phenoxy) is 2. The molecule has 0 saturated heterocycles. The summed E-state index contributed by atoms with van der Waals surface area (Å²) in [5.41, 5.74) is 2.95. The summed E-state index contributed by atoms with van der Waals surface area (Å²) in [6.07, 6.45) is 3.48. The van der Waals surface area contributed by atoms with Gasteiger partial charge in [0.15, 0.2) is 0 Å². The fourth-order valence-corrected chi connectivity index (χ4v) is 4.70. The summed E-state index contributed by atoms with van der Waals surface area (Å²) in [4.78, 5) is 42.6. The van der Waals surface area contributed by atoms with Crippen molar-refractivity contribution in [2.45, 2.75) is 58.2 Å². The molecule has 0 saturated carbocycles. The van der Waals surface area contributed by atoms with E-state index in [1.807, 2.05) is 72.5 Å². The Hall–Kier alpha value is -4.27. The molecular weight excluding hydrogens is 496 g/mol. The lowest BCUT2D eigenvalue weighted by atomic mass is 10.0. The van der Waals surface area contributed by atoms with Gasteiger partial charge in [0, 0.05) is 54.1 Å². The normalized spacial score (nSPS) is 13.2. The molecular formula is C30H36N4O5. The Bertz CT molecular complexity index is 1480. The molecule has 2 aromatic carbocycles. The second kappa shape index (κ2) is 11.6. The molecule has 2 heterocycles. The minimum absolute atomic E-state index is 0.176. The van der Waals surface area contributed by atoms with E-state index in [9.17, 15) is 14.4 Å². The van der Waals surface area contributed by atoms with E-state index in [1.165, 1.54) is 0 Å². The van der Waals surface area contributed by atoms with Gasteiger partial charge in [-0.1, -0.05) is 36.4 Å². The van der Waals surface area contributed by atoms with E-state index in [0.29, 0.717) is 0 Å². The maximum atomic E-state index is 13.7. The number of aromatic amines is 1. The first-order valence-corrected chi connectivity index (χ1v) is 13.1. The molecule has 0 radical (unpaired) electrons. The standard InChI is InChI=1S/C30H36N4O5/c1-6-38-28(36)25(16-20-18-34(5)26-14-10-8-12-22(20)26)32-27(35)24(33-29(37)39-30(2,3)4)15-19-17-31-23-13-9-7-11-21(19)23/h7-14,17-18,24-25,31H,6,15-16H2,1-5H3,(H,32,35)(H,33,37)/t24-,25+/m0/s1. The van der Waals surface area contributed by atoms with Crippen molar-refractivity contribution in [3.63, 3.8) is 0 Å². The number of hydrogen-bond acceptors (Lipinski definition) is 5. The second-order valence-corrected chi connectivity index (χ2v) is 10.6. The molecule has 2 amide bonds. The minimum atomic E-state index is -0.997. The van der Waals surface area contributed by atoms with Gasteiger partial charge in [-0.25, -0.2) is 9.59 Å². The number of nitrogens with zero attached hydrogens (tertiary/aromatic N) is 1. The highest BCUT2D eigenvalue weighted by Crippen LogP contribution is 2.23. The first kappa shape index (κ1) is 27.8. The first-order chi connectivity index (χ1) is 18.6. The molecule has 0 aliphatic rings. The zero-order valence-electron chi connectivity index (χ0n) is 23.0. The lowest BCUT2D eigenvalue weighted by Crippen LogP contribution is -2.54. The third-order valence-corrected chi connectivity index (χ3v) is 6.40. The highest BCUT2D eigenvalue weighted by molar-refractivity contribution is 5.92. The van der Waals surface area contributed by atoms with Gasteiger partial charge in [-0.2, -0.15) is 0 Å². The van der Waals surface area contributed by atoms with Gasteiger partial charge in [-0.15, -0.1) is 0 Å². The van der Waals surface area contributed by atoms with E-state index in [0.717, 1.165) is 32.9 Å². The molecule has 2 atom stereocenters. The number of aromatic nitrogens is 2. The first-order valence-electron chi connectivity index (χ1n) is 13.1. The van der Waals surface area contributed by atoms with Crippen molar-refractivity contribution in [2.75, 3.05) is 6.61 Å². The quantitative estimate of drug-likeness (QED) is 0.277. The number of benzene rings is 2. The van der Waals surface area contributed by atoms with Crippen molar-refractivity contribution in [2.24, 2.45) is 7.05 Å². The summed E-state index contributed by atoms with van der Waals surface area (Å²) in [6.45, 7) is 7.15. The number of nitrogens with one attached hydrogen (secondary N) is 3. The van der Waals surface area contributed by atoms with Crippen LogP contribution in [0.4, 0.5) is 4.79 Å². The topological polar surface area (TPSA) is 114 Å². The second-order valence-electron chi connectivity index (χ2n) is 10.6. The van der Waals surface area contributed by atoms with Crippen molar-refractivity contribution in [1.29, 1.82) is 0 Å². The summed E-state index contributed by atoms with van der Waals surface area (Å²) >= 11 is 0. The predicted molar refractivity (Wildman–Crippen MR) is 150 cm³/mol. The van der Waals surface area contributed by atoms with Crippen molar-refractivity contribution >= 4 is 39.8 Å². The fraction of sp³-hybridized carbons (Fsp3) is 0.367. The third kappa shape index (κ3) is 6.79. The van der Waals surface area contributed by atoms with Gasteiger partial charge in [0.25, 0.3) is 0 Å². The average Bonchev–Trinajstić information content (AvgIpc) is 3.43. The number of hydrogen-bond donors (Lipinski definition) is 3. The molecule has 9 nitrogen and oxygen atoms in total. The number of carbonyl (C=O) groups is 3. The average molecular weight is 533 g/mol. The summed E-state index contributed by atoms with van der Waals surface area (Å²) < 4.78 is 12.7. The van der Waals surface area contributed by atoms with Gasteiger partial charge >= 0.3 is 12.1 Å². The number of rotatable bonds is 9. The Kier molecular flexibility index (Phi) is 8.28. The van der Waals surface area contributed by atoms with E-state index in [4.69, 9.17) is 9.47 Å². The lowest BCUT2D eigenvalue weighted by Gasteiger charge is -2.25. The van der Waals surface area contributed by atoms with Crippen LogP contribution in [0.3, 0.4) is 0 Å². The number of para-hydroxylation sites is 2. The largest absolute Gasteiger partial charge is 0.464 e. The molecule has 4 aromatic rings.